The van der Waals surface area contributed by atoms with Gasteiger partial charge < -0.3 is 9.84 Å². The number of hydrogen-bond acceptors (Lipinski definition) is 5. The predicted molar refractivity (Wildman–Crippen MR) is 118 cm³/mol. The number of aryl methyl sites for hydroxylation is 1. The predicted octanol–water partition coefficient (Wildman–Crippen LogP) is 4.33. The van der Waals surface area contributed by atoms with Crippen molar-refractivity contribution in [3.63, 3.8) is 0 Å². The van der Waals surface area contributed by atoms with Gasteiger partial charge in [-0.1, -0.05) is 24.3 Å². The van der Waals surface area contributed by atoms with E-state index in [1.807, 2.05) is 38.1 Å². The summed E-state index contributed by atoms with van der Waals surface area (Å²) in [5.41, 5.74) is 3.63. The molecule has 0 bridgehead atoms. The van der Waals surface area contributed by atoms with Crippen LogP contribution in [0, 0.1) is 13.8 Å². The fourth-order valence-corrected chi connectivity index (χ4v) is 3.87. The van der Waals surface area contributed by atoms with Gasteiger partial charge in [0.15, 0.2) is 0 Å². The molecular formula is C25H22N2O4. The molecule has 0 saturated carbocycles. The summed E-state index contributed by atoms with van der Waals surface area (Å²) in [5, 5.41) is 11.1. The Morgan fingerprint density at radius 2 is 1.74 bits per heavy atom. The highest BCUT2D eigenvalue weighted by Crippen LogP contribution is 2.43. The van der Waals surface area contributed by atoms with E-state index in [1.165, 1.54) is 17.3 Å². The highest BCUT2D eigenvalue weighted by Gasteiger charge is 2.47. The van der Waals surface area contributed by atoms with Gasteiger partial charge in [-0.15, -0.1) is 0 Å². The lowest BCUT2D eigenvalue weighted by atomic mass is 9.94. The zero-order chi connectivity index (χ0) is 22.1. The molecule has 1 aromatic heterocycles. The van der Waals surface area contributed by atoms with E-state index in [1.54, 1.807) is 37.4 Å². The van der Waals surface area contributed by atoms with Crippen molar-refractivity contribution in [1.82, 2.24) is 4.98 Å². The number of nitrogens with zero attached hydrogens (tertiary/aromatic N) is 2. The first-order chi connectivity index (χ1) is 14.9. The molecule has 2 aromatic carbocycles. The zero-order valence-corrected chi connectivity index (χ0v) is 17.5. The number of pyridine rings is 1. The van der Waals surface area contributed by atoms with Gasteiger partial charge in [0.05, 0.1) is 18.7 Å². The fourth-order valence-electron chi connectivity index (χ4n) is 3.87. The molecule has 1 aliphatic rings. The van der Waals surface area contributed by atoms with Gasteiger partial charge in [0.1, 0.15) is 11.5 Å². The minimum atomic E-state index is -0.802. The minimum Gasteiger partial charge on any atom is -0.507 e. The Morgan fingerprint density at radius 3 is 2.45 bits per heavy atom. The van der Waals surface area contributed by atoms with Gasteiger partial charge in [-0.3, -0.25) is 19.5 Å². The number of rotatable bonds is 4. The Balaban J connectivity index is 2.00. The molecule has 0 radical (unpaired) electrons. The van der Waals surface area contributed by atoms with Crippen LogP contribution in [0.25, 0.3) is 5.76 Å². The first-order valence-electron chi connectivity index (χ1n) is 9.85. The Hall–Kier alpha value is -3.93. The van der Waals surface area contributed by atoms with E-state index in [4.69, 9.17) is 4.74 Å². The largest absolute Gasteiger partial charge is 0.507 e. The Morgan fingerprint density at radius 1 is 1.03 bits per heavy atom. The molecule has 1 aliphatic heterocycles. The summed E-state index contributed by atoms with van der Waals surface area (Å²) in [6.45, 7) is 3.86. The molecule has 0 aliphatic carbocycles. The number of carbonyl (C=O) groups is 2. The molecule has 0 spiro atoms. The lowest BCUT2D eigenvalue weighted by molar-refractivity contribution is -0.132. The average Bonchev–Trinajstić information content (AvgIpc) is 3.06. The second kappa shape index (κ2) is 8.07. The SMILES string of the molecule is COc1cccc(C2/C(=C(\O)c3ccncc3)C(=O)C(=O)N2c2cccc(C)c2C)c1. The van der Waals surface area contributed by atoms with E-state index in [0.29, 0.717) is 22.6 Å². The molecular weight excluding hydrogens is 392 g/mol. The smallest absolute Gasteiger partial charge is 0.300 e. The van der Waals surface area contributed by atoms with E-state index in [9.17, 15) is 14.7 Å². The van der Waals surface area contributed by atoms with Crippen molar-refractivity contribution < 1.29 is 19.4 Å². The number of anilines is 1. The van der Waals surface area contributed by atoms with E-state index in [-0.39, 0.29) is 11.3 Å². The third kappa shape index (κ3) is 3.46. The second-order valence-corrected chi connectivity index (χ2v) is 7.40. The van der Waals surface area contributed by atoms with Crippen molar-refractivity contribution in [2.45, 2.75) is 19.9 Å². The molecule has 2 heterocycles. The third-order valence-corrected chi connectivity index (χ3v) is 5.64. The molecule has 1 N–H and O–H groups in total. The summed E-state index contributed by atoms with van der Waals surface area (Å²) < 4.78 is 5.36. The van der Waals surface area contributed by atoms with E-state index in [2.05, 4.69) is 4.98 Å². The monoisotopic (exact) mass is 414 g/mol. The maximum Gasteiger partial charge on any atom is 0.300 e. The molecule has 6 nitrogen and oxygen atoms in total. The number of Topliss-reactive ketones (excluding diaryl/α,β-unsaturated/α-hetero) is 1. The first kappa shape index (κ1) is 20.3. The van der Waals surface area contributed by atoms with E-state index >= 15 is 0 Å². The van der Waals surface area contributed by atoms with Gasteiger partial charge in [0.2, 0.25) is 0 Å². The van der Waals surface area contributed by atoms with Gasteiger partial charge >= 0.3 is 0 Å². The van der Waals surface area contributed by atoms with E-state index in [0.717, 1.165) is 11.1 Å². The van der Waals surface area contributed by atoms with Gasteiger partial charge in [-0.05, 0) is 60.9 Å². The van der Waals surface area contributed by atoms with Crippen molar-refractivity contribution in [3.05, 3.63) is 94.8 Å². The van der Waals surface area contributed by atoms with Crippen LogP contribution in [0.5, 0.6) is 5.75 Å². The number of aliphatic hydroxyl groups excluding tert-OH is 1. The summed E-state index contributed by atoms with van der Waals surface area (Å²) in [5.74, 6) is -1.06. The average molecular weight is 414 g/mol. The van der Waals surface area contributed by atoms with Crippen LogP contribution < -0.4 is 9.64 Å². The summed E-state index contributed by atoms with van der Waals surface area (Å²) in [7, 11) is 1.55. The van der Waals surface area contributed by atoms with Gasteiger partial charge in [0.25, 0.3) is 11.7 Å². The van der Waals surface area contributed by atoms with E-state index < -0.39 is 17.7 Å². The molecule has 1 fully saturated rings. The second-order valence-electron chi connectivity index (χ2n) is 7.40. The normalized spacial score (nSPS) is 17.8. The van der Waals surface area contributed by atoms with Gasteiger partial charge in [-0.25, -0.2) is 0 Å². The molecule has 3 aromatic rings. The lowest BCUT2D eigenvalue weighted by Gasteiger charge is -2.27. The van der Waals surface area contributed by atoms with Crippen molar-refractivity contribution in [2.75, 3.05) is 12.0 Å². The number of methoxy groups -OCH3 is 1. The molecule has 4 rings (SSSR count). The number of amides is 1. The summed E-state index contributed by atoms with van der Waals surface area (Å²) in [6.07, 6.45) is 3.05. The van der Waals surface area contributed by atoms with Crippen LogP contribution in [0.3, 0.4) is 0 Å². The van der Waals surface area contributed by atoms with Crippen molar-refractivity contribution in [2.24, 2.45) is 0 Å². The van der Waals surface area contributed by atoms with Crippen LogP contribution in [0.2, 0.25) is 0 Å². The van der Waals surface area contributed by atoms with Gasteiger partial charge in [-0.2, -0.15) is 0 Å². The maximum atomic E-state index is 13.2. The van der Waals surface area contributed by atoms with Crippen LogP contribution in [0.4, 0.5) is 5.69 Å². The van der Waals surface area contributed by atoms with Gasteiger partial charge in [0, 0.05) is 23.6 Å². The Labute approximate surface area is 180 Å². The number of aromatic nitrogens is 1. The molecule has 1 amide bonds. The number of ketones is 1. The fraction of sp³-hybridized carbons (Fsp3) is 0.160. The lowest BCUT2D eigenvalue weighted by Crippen LogP contribution is -2.30. The minimum absolute atomic E-state index is 0.0327. The molecule has 1 saturated heterocycles. The highest BCUT2D eigenvalue weighted by atomic mass is 16.5. The summed E-state index contributed by atoms with van der Waals surface area (Å²) >= 11 is 0. The molecule has 1 atom stereocenters. The Bertz CT molecular complexity index is 1200. The number of ether oxygens (including phenoxy) is 1. The molecule has 156 valence electrons. The third-order valence-electron chi connectivity index (χ3n) is 5.64. The number of hydrogen-bond donors (Lipinski definition) is 1. The van der Waals surface area contributed by atoms with Crippen LogP contribution >= 0.6 is 0 Å². The Kier molecular flexibility index (Phi) is 5.29. The molecule has 1 unspecified atom stereocenters. The summed E-state index contributed by atoms with van der Waals surface area (Å²) in [6, 6.07) is 15.2. The van der Waals surface area contributed by atoms with Crippen molar-refractivity contribution >= 4 is 23.1 Å². The van der Waals surface area contributed by atoms with Crippen LogP contribution in [-0.2, 0) is 9.59 Å². The molecule has 31 heavy (non-hydrogen) atoms. The first-order valence-corrected chi connectivity index (χ1v) is 9.85. The number of benzene rings is 2. The molecule has 6 heteroatoms. The standard InChI is InChI=1S/C25H22N2O4/c1-15-6-4-9-20(16(15)2)27-22(18-7-5-8-19(14-18)31-3)21(24(29)25(27)30)23(28)17-10-12-26-13-11-17/h4-14,22,28H,1-3H3/b23-21+. The highest BCUT2D eigenvalue weighted by molar-refractivity contribution is 6.51. The van der Waals surface area contributed by atoms with Crippen LogP contribution in [0.1, 0.15) is 28.3 Å². The van der Waals surface area contributed by atoms with Crippen LogP contribution in [0.15, 0.2) is 72.6 Å². The topological polar surface area (TPSA) is 79.7 Å². The van der Waals surface area contributed by atoms with Crippen molar-refractivity contribution in [1.29, 1.82) is 0 Å². The number of aliphatic hydroxyl groups is 1. The summed E-state index contributed by atoms with van der Waals surface area (Å²) in [4.78, 5) is 31.8. The number of carbonyl (C=O) groups excluding carboxylic acids is 2. The zero-order valence-electron chi connectivity index (χ0n) is 17.5. The van der Waals surface area contributed by atoms with Crippen molar-refractivity contribution in [3.8, 4) is 5.75 Å². The quantitative estimate of drug-likeness (QED) is 0.390. The maximum absolute atomic E-state index is 13.2. The van der Waals surface area contributed by atoms with Crippen LogP contribution in [-0.4, -0.2) is 28.9 Å².